The molecule has 1 aliphatic heterocycles. The highest BCUT2D eigenvalue weighted by Crippen LogP contribution is 2.26. The summed E-state index contributed by atoms with van der Waals surface area (Å²) in [6.07, 6.45) is 0.653. The summed E-state index contributed by atoms with van der Waals surface area (Å²) in [4.78, 5) is 30.2. The average molecular weight is 262 g/mol. The summed E-state index contributed by atoms with van der Waals surface area (Å²) in [5.41, 5.74) is 0.449. The lowest BCUT2D eigenvalue weighted by molar-refractivity contribution is -0.137. The molecule has 1 N–H and O–H groups in total. The van der Waals surface area contributed by atoms with Gasteiger partial charge in [0.1, 0.15) is 5.25 Å². The number of carbonyl (C=O) groups is 1. The number of thioether (sulfide) groups is 1. The smallest absolute Gasteiger partial charge is 0.319 e. The standard InChI is InChI=1S/C12H10N2O3S/c15-10-7-3-1-2-4-8(7)13-12(14-10)18-9-5-6-17-11(9)16/h1-4,9H,5-6H2,(H,13,14,15). The molecule has 0 bridgehead atoms. The molecule has 1 atom stereocenters. The van der Waals surface area contributed by atoms with Gasteiger partial charge in [-0.25, -0.2) is 4.98 Å². The fourth-order valence-corrected chi connectivity index (χ4v) is 2.79. The van der Waals surface area contributed by atoms with Gasteiger partial charge in [0.25, 0.3) is 5.56 Å². The number of cyclic esters (lactones) is 1. The van der Waals surface area contributed by atoms with Gasteiger partial charge in [0.15, 0.2) is 5.16 Å². The zero-order valence-corrected chi connectivity index (χ0v) is 10.2. The molecule has 0 spiro atoms. The van der Waals surface area contributed by atoms with E-state index in [2.05, 4.69) is 9.97 Å². The van der Waals surface area contributed by atoms with Crippen LogP contribution in [0.3, 0.4) is 0 Å². The zero-order chi connectivity index (χ0) is 12.5. The lowest BCUT2D eigenvalue weighted by atomic mass is 10.2. The number of nitrogens with one attached hydrogen (secondary N) is 1. The summed E-state index contributed by atoms with van der Waals surface area (Å²) in [5.74, 6) is -0.240. The van der Waals surface area contributed by atoms with Crippen molar-refractivity contribution in [2.75, 3.05) is 6.61 Å². The van der Waals surface area contributed by atoms with E-state index < -0.39 is 0 Å². The molecule has 6 heteroatoms. The van der Waals surface area contributed by atoms with Crippen molar-refractivity contribution in [2.45, 2.75) is 16.8 Å². The molecule has 0 amide bonds. The van der Waals surface area contributed by atoms with E-state index in [1.165, 1.54) is 11.8 Å². The van der Waals surface area contributed by atoms with E-state index in [1.54, 1.807) is 18.2 Å². The third kappa shape index (κ3) is 1.99. The van der Waals surface area contributed by atoms with E-state index in [0.29, 0.717) is 29.1 Å². The van der Waals surface area contributed by atoms with Crippen molar-refractivity contribution in [2.24, 2.45) is 0 Å². The maximum atomic E-state index is 11.8. The van der Waals surface area contributed by atoms with Crippen molar-refractivity contribution in [3.05, 3.63) is 34.6 Å². The van der Waals surface area contributed by atoms with Crippen LogP contribution in [-0.4, -0.2) is 27.8 Å². The average Bonchev–Trinajstić information content (AvgIpc) is 2.75. The molecule has 1 aromatic heterocycles. The molecule has 3 rings (SSSR count). The fourth-order valence-electron chi connectivity index (χ4n) is 1.84. The minimum absolute atomic E-state index is 0.186. The number of carbonyl (C=O) groups excluding carboxylic acids is 1. The van der Waals surface area contributed by atoms with Gasteiger partial charge in [0.05, 0.1) is 17.5 Å². The van der Waals surface area contributed by atoms with Crippen LogP contribution >= 0.6 is 11.8 Å². The van der Waals surface area contributed by atoms with Crippen molar-refractivity contribution in [1.82, 2.24) is 9.97 Å². The molecule has 5 nitrogen and oxygen atoms in total. The summed E-state index contributed by atoms with van der Waals surface area (Å²) in [6.45, 7) is 0.439. The molecular formula is C12H10N2O3S. The van der Waals surface area contributed by atoms with Gasteiger partial charge < -0.3 is 9.72 Å². The SMILES string of the molecule is O=C1OCCC1Sc1nc2ccccc2c(=O)[nH]1. The Hall–Kier alpha value is -1.82. The van der Waals surface area contributed by atoms with Gasteiger partial charge >= 0.3 is 5.97 Å². The summed E-state index contributed by atoms with van der Waals surface area (Å²) in [7, 11) is 0. The number of rotatable bonds is 2. The highest BCUT2D eigenvalue weighted by atomic mass is 32.2. The predicted molar refractivity (Wildman–Crippen MR) is 67.6 cm³/mol. The quantitative estimate of drug-likeness (QED) is 0.653. The Balaban J connectivity index is 1.98. The van der Waals surface area contributed by atoms with Gasteiger partial charge in [0.2, 0.25) is 0 Å². The van der Waals surface area contributed by atoms with Crippen LogP contribution in [0.5, 0.6) is 0 Å². The Kier molecular flexibility index (Phi) is 2.79. The van der Waals surface area contributed by atoms with E-state index in [1.807, 2.05) is 6.07 Å². The summed E-state index contributed by atoms with van der Waals surface area (Å²) < 4.78 is 4.88. The highest BCUT2D eigenvalue weighted by molar-refractivity contribution is 8.00. The third-order valence-corrected chi connectivity index (χ3v) is 3.86. The molecule has 2 heterocycles. The van der Waals surface area contributed by atoms with Crippen molar-refractivity contribution in [3.8, 4) is 0 Å². The van der Waals surface area contributed by atoms with Gasteiger partial charge in [0, 0.05) is 6.42 Å². The monoisotopic (exact) mass is 262 g/mol. The maximum absolute atomic E-state index is 11.8. The van der Waals surface area contributed by atoms with E-state index in [9.17, 15) is 9.59 Å². The minimum Gasteiger partial charge on any atom is -0.465 e. The van der Waals surface area contributed by atoms with Crippen LogP contribution in [0.4, 0.5) is 0 Å². The topological polar surface area (TPSA) is 72.0 Å². The molecule has 0 aliphatic carbocycles. The van der Waals surface area contributed by atoms with Crippen LogP contribution in [0.1, 0.15) is 6.42 Å². The fraction of sp³-hybridized carbons (Fsp3) is 0.250. The van der Waals surface area contributed by atoms with Crippen LogP contribution in [0, 0.1) is 0 Å². The second kappa shape index (κ2) is 4.45. The molecule has 1 saturated heterocycles. The van der Waals surface area contributed by atoms with Gasteiger partial charge in [-0.3, -0.25) is 9.59 Å². The van der Waals surface area contributed by atoms with Crippen LogP contribution < -0.4 is 5.56 Å². The number of aromatic amines is 1. The number of H-pyrrole nitrogens is 1. The van der Waals surface area contributed by atoms with Crippen LogP contribution in [0.25, 0.3) is 10.9 Å². The first-order valence-corrected chi connectivity index (χ1v) is 6.44. The molecule has 2 aromatic rings. The van der Waals surface area contributed by atoms with Gasteiger partial charge in [-0.1, -0.05) is 23.9 Å². The number of benzene rings is 1. The van der Waals surface area contributed by atoms with Gasteiger partial charge in [-0.05, 0) is 12.1 Å². The Morgan fingerprint density at radius 3 is 2.94 bits per heavy atom. The number of fused-ring (bicyclic) bond motifs is 1. The molecule has 1 unspecified atom stereocenters. The van der Waals surface area contributed by atoms with Crippen molar-refractivity contribution >= 4 is 28.6 Å². The predicted octanol–water partition coefficient (Wildman–Crippen LogP) is 1.33. The maximum Gasteiger partial charge on any atom is 0.319 e. The lowest BCUT2D eigenvalue weighted by Gasteiger charge is -2.05. The Labute approximate surface area is 107 Å². The normalized spacial score (nSPS) is 19.1. The summed E-state index contributed by atoms with van der Waals surface area (Å²) in [6, 6.07) is 7.12. The molecule has 92 valence electrons. The van der Waals surface area contributed by atoms with Crippen molar-refractivity contribution in [1.29, 1.82) is 0 Å². The molecule has 1 aliphatic rings. The number of aromatic nitrogens is 2. The molecular weight excluding hydrogens is 252 g/mol. The molecule has 0 radical (unpaired) electrons. The zero-order valence-electron chi connectivity index (χ0n) is 9.38. The molecule has 0 saturated carbocycles. The molecule has 1 aromatic carbocycles. The van der Waals surface area contributed by atoms with Crippen LogP contribution in [0.2, 0.25) is 0 Å². The van der Waals surface area contributed by atoms with Gasteiger partial charge in [-0.15, -0.1) is 0 Å². The number of hydrogen-bond acceptors (Lipinski definition) is 5. The first kappa shape index (κ1) is 11.3. The van der Waals surface area contributed by atoms with Crippen LogP contribution in [-0.2, 0) is 9.53 Å². The first-order chi connectivity index (χ1) is 8.74. The number of esters is 1. The Morgan fingerprint density at radius 2 is 2.17 bits per heavy atom. The van der Waals surface area contributed by atoms with E-state index in [-0.39, 0.29) is 16.8 Å². The highest BCUT2D eigenvalue weighted by Gasteiger charge is 2.28. The second-order valence-electron chi connectivity index (χ2n) is 3.95. The molecule has 18 heavy (non-hydrogen) atoms. The largest absolute Gasteiger partial charge is 0.465 e. The van der Waals surface area contributed by atoms with Gasteiger partial charge in [-0.2, -0.15) is 0 Å². The molecule has 1 fully saturated rings. The lowest BCUT2D eigenvalue weighted by Crippen LogP contribution is -2.14. The second-order valence-corrected chi connectivity index (χ2v) is 5.14. The van der Waals surface area contributed by atoms with E-state index in [0.717, 1.165) is 0 Å². The Bertz CT molecular complexity index is 668. The number of ether oxygens (including phenoxy) is 1. The van der Waals surface area contributed by atoms with E-state index >= 15 is 0 Å². The van der Waals surface area contributed by atoms with Crippen LogP contribution in [0.15, 0.2) is 34.2 Å². The number of hydrogen-bond donors (Lipinski definition) is 1. The first-order valence-electron chi connectivity index (χ1n) is 5.56. The van der Waals surface area contributed by atoms with E-state index in [4.69, 9.17) is 4.74 Å². The Morgan fingerprint density at radius 1 is 1.33 bits per heavy atom. The number of para-hydroxylation sites is 1. The summed E-state index contributed by atoms with van der Waals surface area (Å²) >= 11 is 1.25. The van der Waals surface area contributed by atoms with Crippen molar-refractivity contribution < 1.29 is 9.53 Å². The summed E-state index contributed by atoms with van der Waals surface area (Å²) in [5, 5.41) is 0.743. The minimum atomic E-state index is -0.269. The third-order valence-electron chi connectivity index (χ3n) is 2.73. The number of nitrogens with zero attached hydrogens (tertiary/aromatic N) is 1. The van der Waals surface area contributed by atoms with Crippen molar-refractivity contribution in [3.63, 3.8) is 0 Å².